The molecule has 0 radical (unpaired) electrons. The van der Waals surface area contributed by atoms with Crippen LogP contribution in [-0.4, -0.2) is 52.4 Å². The van der Waals surface area contributed by atoms with Crippen molar-refractivity contribution < 1.29 is 9.47 Å². The van der Waals surface area contributed by atoms with Crippen molar-refractivity contribution in [3.63, 3.8) is 0 Å². The second kappa shape index (κ2) is 8.47. The van der Waals surface area contributed by atoms with E-state index >= 15 is 0 Å². The molecule has 1 fully saturated rings. The van der Waals surface area contributed by atoms with E-state index in [1.54, 1.807) is 14.2 Å². The third kappa shape index (κ3) is 3.99. The van der Waals surface area contributed by atoms with Gasteiger partial charge in [-0.15, -0.1) is 5.10 Å². The molecule has 1 aliphatic rings. The van der Waals surface area contributed by atoms with Crippen LogP contribution < -0.4 is 9.47 Å². The maximum absolute atomic E-state index is 5.73. The summed E-state index contributed by atoms with van der Waals surface area (Å²) < 4.78 is 13.2. The van der Waals surface area contributed by atoms with Crippen molar-refractivity contribution in [2.45, 2.75) is 58.5 Å². The molecule has 154 valence electrons. The molecule has 1 aliphatic heterocycles. The van der Waals surface area contributed by atoms with Gasteiger partial charge in [0, 0.05) is 5.56 Å². The van der Waals surface area contributed by atoms with E-state index in [1.807, 2.05) is 16.8 Å². The first kappa shape index (κ1) is 20.6. The molecule has 7 nitrogen and oxygen atoms in total. The van der Waals surface area contributed by atoms with Crippen molar-refractivity contribution >= 4 is 0 Å². The first-order valence-corrected chi connectivity index (χ1v) is 10.2. The number of hydrogen-bond donors (Lipinski definition) is 0. The maximum Gasteiger partial charge on any atom is 0.173 e. The number of piperidine rings is 1. The summed E-state index contributed by atoms with van der Waals surface area (Å²) in [4.78, 5) is 2.48. The number of ether oxygens (including phenoxy) is 2. The van der Waals surface area contributed by atoms with Crippen molar-refractivity contribution in [1.82, 2.24) is 25.1 Å². The minimum absolute atomic E-state index is 0.0848. The van der Waals surface area contributed by atoms with Gasteiger partial charge in [0.1, 0.15) is 17.5 Å². The van der Waals surface area contributed by atoms with Crippen LogP contribution in [0.1, 0.15) is 64.4 Å². The lowest BCUT2D eigenvalue weighted by Crippen LogP contribution is -2.40. The minimum atomic E-state index is -0.174. The molecule has 1 atom stereocenters. The Kier molecular flexibility index (Phi) is 6.23. The molecule has 0 saturated carbocycles. The number of nitrogens with zero attached hydrogens (tertiary/aromatic N) is 5. The fourth-order valence-electron chi connectivity index (χ4n) is 3.78. The smallest absolute Gasteiger partial charge is 0.173 e. The lowest BCUT2D eigenvalue weighted by atomic mass is 9.94. The molecule has 0 unspecified atom stereocenters. The molecule has 0 spiro atoms. The number of likely N-dealkylation sites (tertiary alicyclic amines) is 1. The predicted octanol–water partition coefficient (Wildman–Crippen LogP) is 3.66. The van der Waals surface area contributed by atoms with Gasteiger partial charge in [-0.25, -0.2) is 4.68 Å². The first-order chi connectivity index (χ1) is 13.4. The molecule has 2 heterocycles. The zero-order valence-corrected chi connectivity index (χ0v) is 18.0. The Hall–Kier alpha value is -2.15. The number of tetrazole rings is 1. The van der Waals surface area contributed by atoms with Crippen molar-refractivity contribution in [1.29, 1.82) is 0 Å². The van der Waals surface area contributed by atoms with Crippen LogP contribution in [0.5, 0.6) is 11.5 Å². The summed E-state index contributed by atoms with van der Waals surface area (Å²) >= 11 is 0. The highest BCUT2D eigenvalue weighted by Gasteiger charge is 2.35. The summed E-state index contributed by atoms with van der Waals surface area (Å²) in [5.74, 6) is 3.23. The Morgan fingerprint density at radius 3 is 2.50 bits per heavy atom. The molecule has 1 aromatic heterocycles. The van der Waals surface area contributed by atoms with E-state index in [0.717, 1.165) is 48.3 Å². The topological polar surface area (TPSA) is 65.3 Å². The van der Waals surface area contributed by atoms with E-state index in [1.165, 1.54) is 12.8 Å². The highest BCUT2D eigenvalue weighted by molar-refractivity contribution is 5.44. The fourth-order valence-corrected chi connectivity index (χ4v) is 3.78. The van der Waals surface area contributed by atoms with Crippen molar-refractivity contribution in [3.05, 3.63) is 29.6 Å². The number of rotatable bonds is 7. The van der Waals surface area contributed by atoms with Gasteiger partial charge < -0.3 is 9.47 Å². The zero-order valence-electron chi connectivity index (χ0n) is 18.0. The van der Waals surface area contributed by atoms with Gasteiger partial charge in [-0.1, -0.05) is 13.8 Å². The van der Waals surface area contributed by atoms with Crippen molar-refractivity contribution in [2.24, 2.45) is 5.92 Å². The van der Waals surface area contributed by atoms with E-state index in [4.69, 9.17) is 9.47 Å². The van der Waals surface area contributed by atoms with E-state index in [9.17, 15) is 0 Å². The van der Waals surface area contributed by atoms with Crippen LogP contribution in [0, 0.1) is 5.92 Å². The average Bonchev–Trinajstić information content (AvgIpc) is 3.20. The summed E-state index contributed by atoms with van der Waals surface area (Å²) in [6, 6.07) is 5.86. The monoisotopic (exact) mass is 387 g/mol. The molecular weight excluding hydrogens is 354 g/mol. The summed E-state index contributed by atoms with van der Waals surface area (Å²) in [5.41, 5.74) is 0.867. The molecule has 28 heavy (non-hydrogen) atoms. The predicted molar refractivity (Wildman–Crippen MR) is 109 cm³/mol. The second-order valence-corrected chi connectivity index (χ2v) is 8.34. The Morgan fingerprint density at radius 1 is 1.18 bits per heavy atom. The van der Waals surface area contributed by atoms with Gasteiger partial charge in [0.2, 0.25) is 0 Å². The Balaban J connectivity index is 2.14. The molecule has 0 N–H and O–H groups in total. The molecular formula is C21H33N5O2. The van der Waals surface area contributed by atoms with Crippen LogP contribution >= 0.6 is 0 Å². The fraction of sp³-hybridized carbons (Fsp3) is 0.667. The van der Waals surface area contributed by atoms with Gasteiger partial charge in [0.05, 0.1) is 19.8 Å². The molecule has 7 heteroatoms. The Labute approximate surface area is 168 Å². The molecule has 3 rings (SSSR count). The third-order valence-corrected chi connectivity index (χ3v) is 6.09. The van der Waals surface area contributed by atoms with Crippen LogP contribution in [0.15, 0.2) is 18.2 Å². The van der Waals surface area contributed by atoms with Crippen LogP contribution in [0.3, 0.4) is 0 Å². The third-order valence-electron chi connectivity index (χ3n) is 6.09. The van der Waals surface area contributed by atoms with Gasteiger partial charge in [-0.3, -0.25) is 4.90 Å². The highest BCUT2D eigenvalue weighted by Crippen LogP contribution is 2.39. The lowest BCUT2D eigenvalue weighted by molar-refractivity contribution is 0.141. The second-order valence-electron chi connectivity index (χ2n) is 8.34. The lowest BCUT2D eigenvalue weighted by Gasteiger charge is -2.38. The molecule has 2 aromatic rings. The number of hydrogen-bond acceptors (Lipinski definition) is 6. The summed E-state index contributed by atoms with van der Waals surface area (Å²) in [7, 11) is 3.40. The molecule has 0 bridgehead atoms. The SMILES string of the molecule is CCC(C)(C)n1nnnc1[C@@H](c1cc(OC)ccc1OC)N1CCC(C)CC1. The standard InChI is InChI=1S/C21H33N5O2/c1-7-21(3,4)26-20(22-23-24-26)19(25-12-10-15(2)11-13-25)17-14-16(27-5)8-9-18(17)28-6/h8-9,14-15,19H,7,10-13H2,1-6H3/t19-/m1/s1. The van der Waals surface area contributed by atoms with E-state index in [2.05, 4.69) is 54.2 Å². The molecule has 0 aliphatic carbocycles. The summed E-state index contributed by atoms with van der Waals surface area (Å²) in [6.45, 7) is 10.8. The summed E-state index contributed by atoms with van der Waals surface area (Å²) in [5, 5.41) is 12.9. The quantitative estimate of drug-likeness (QED) is 0.722. The van der Waals surface area contributed by atoms with Crippen LogP contribution in [-0.2, 0) is 5.54 Å². The van der Waals surface area contributed by atoms with Gasteiger partial charge in [0.15, 0.2) is 5.82 Å². The highest BCUT2D eigenvalue weighted by atomic mass is 16.5. The van der Waals surface area contributed by atoms with Crippen LogP contribution in [0.25, 0.3) is 0 Å². The van der Waals surface area contributed by atoms with E-state index in [0.29, 0.717) is 0 Å². The van der Waals surface area contributed by atoms with Crippen LogP contribution in [0.2, 0.25) is 0 Å². The largest absolute Gasteiger partial charge is 0.497 e. The normalized spacial score (nSPS) is 17.5. The first-order valence-electron chi connectivity index (χ1n) is 10.2. The zero-order chi connectivity index (χ0) is 20.3. The number of benzene rings is 1. The van der Waals surface area contributed by atoms with Crippen molar-refractivity contribution in [2.75, 3.05) is 27.3 Å². The molecule has 1 saturated heterocycles. The van der Waals surface area contributed by atoms with E-state index < -0.39 is 0 Å². The van der Waals surface area contributed by atoms with E-state index in [-0.39, 0.29) is 11.6 Å². The van der Waals surface area contributed by atoms with Crippen molar-refractivity contribution in [3.8, 4) is 11.5 Å². The maximum atomic E-state index is 5.73. The molecule has 1 aromatic carbocycles. The number of aromatic nitrogens is 4. The van der Waals surface area contributed by atoms with Crippen LogP contribution in [0.4, 0.5) is 0 Å². The van der Waals surface area contributed by atoms with Gasteiger partial charge in [0.25, 0.3) is 0 Å². The average molecular weight is 388 g/mol. The summed E-state index contributed by atoms with van der Waals surface area (Å²) in [6.07, 6.45) is 3.27. The molecule has 0 amide bonds. The number of methoxy groups -OCH3 is 2. The van der Waals surface area contributed by atoms with Gasteiger partial charge >= 0.3 is 0 Å². The Morgan fingerprint density at radius 2 is 1.89 bits per heavy atom. The Bertz CT molecular complexity index is 781. The van der Waals surface area contributed by atoms with Gasteiger partial charge in [-0.05, 0) is 80.7 Å². The van der Waals surface area contributed by atoms with Gasteiger partial charge in [-0.2, -0.15) is 0 Å². The minimum Gasteiger partial charge on any atom is -0.497 e.